The Labute approximate surface area is 186 Å². The first-order valence-electron chi connectivity index (χ1n) is 9.88. The Balaban J connectivity index is 3.04. The molecule has 1 saturated heterocycles. The molecule has 0 aromatic heterocycles. The topological polar surface area (TPSA) is 254 Å². The number of nitrogens with zero attached hydrogens (tertiary/aromatic N) is 1. The molecule has 1 fully saturated rings. The molecule has 33 heavy (non-hydrogen) atoms. The second-order valence-corrected chi connectivity index (χ2v) is 7.38. The van der Waals surface area contributed by atoms with E-state index in [4.69, 9.17) is 21.1 Å². The van der Waals surface area contributed by atoms with Crippen LogP contribution in [0.2, 0.25) is 0 Å². The van der Waals surface area contributed by atoms with Crippen LogP contribution in [0.4, 0.5) is 0 Å². The van der Waals surface area contributed by atoms with Crippen LogP contribution in [0.25, 0.3) is 0 Å². The zero-order valence-electron chi connectivity index (χ0n) is 17.4. The van der Waals surface area contributed by atoms with Crippen LogP contribution in [0.15, 0.2) is 0 Å². The van der Waals surface area contributed by atoms with Gasteiger partial charge in [0.05, 0.1) is 18.9 Å². The average molecular weight is 474 g/mol. The van der Waals surface area contributed by atoms with Gasteiger partial charge in [0.1, 0.15) is 18.1 Å². The SMILES string of the molecule is NC(CC(=O)O)C(=O)NC(CC(=O)O)C(=O)NC(CCC(=O)O)C(=O)N1CCCC1C(=O)O. The van der Waals surface area contributed by atoms with Crippen LogP contribution in [0.3, 0.4) is 0 Å². The summed E-state index contributed by atoms with van der Waals surface area (Å²) in [5.74, 6) is -8.64. The van der Waals surface area contributed by atoms with Crippen LogP contribution in [0.1, 0.15) is 38.5 Å². The first-order chi connectivity index (χ1) is 15.3. The van der Waals surface area contributed by atoms with Gasteiger partial charge in [-0.3, -0.25) is 28.8 Å². The molecule has 3 amide bonds. The van der Waals surface area contributed by atoms with Crippen molar-refractivity contribution in [2.75, 3.05) is 6.54 Å². The van der Waals surface area contributed by atoms with Crippen LogP contribution in [0.5, 0.6) is 0 Å². The number of hydrogen-bond donors (Lipinski definition) is 7. The van der Waals surface area contributed by atoms with Gasteiger partial charge in [0, 0.05) is 13.0 Å². The zero-order chi connectivity index (χ0) is 25.3. The first-order valence-corrected chi connectivity index (χ1v) is 9.88. The summed E-state index contributed by atoms with van der Waals surface area (Å²) in [6.07, 6.45) is -2.19. The number of amides is 3. The molecule has 1 rings (SSSR count). The standard InChI is InChI=1S/C18H26N4O11/c19-8(6-13(25)26)15(29)21-10(7-14(27)28)16(30)20-9(3-4-12(23)24)17(31)22-5-1-2-11(22)18(32)33/h8-11H,1-7,19H2,(H,20,30)(H,21,29)(H,23,24)(H,25,26)(H,27,28)(H,32,33). The summed E-state index contributed by atoms with van der Waals surface area (Å²) in [7, 11) is 0. The fourth-order valence-corrected chi connectivity index (χ4v) is 3.23. The predicted molar refractivity (Wildman–Crippen MR) is 106 cm³/mol. The van der Waals surface area contributed by atoms with Crippen LogP contribution in [-0.4, -0.2) is 97.6 Å². The van der Waals surface area contributed by atoms with E-state index in [0.717, 1.165) is 4.90 Å². The molecule has 15 nitrogen and oxygen atoms in total. The molecule has 8 N–H and O–H groups in total. The van der Waals surface area contributed by atoms with E-state index >= 15 is 0 Å². The van der Waals surface area contributed by atoms with Crippen LogP contribution in [-0.2, 0) is 33.6 Å². The summed E-state index contributed by atoms with van der Waals surface area (Å²) in [6, 6.07) is -6.01. The normalized spacial score (nSPS) is 18.0. The minimum Gasteiger partial charge on any atom is -0.481 e. The summed E-state index contributed by atoms with van der Waals surface area (Å²) in [6.45, 7) is 0.0641. The number of carbonyl (C=O) groups is 7. The maximum Gasteiger partial charge on any atom is 0.326 e. The molecule has 184 valence electrons. The largest absolute Gasteiger partial charge is 0.481 e. The van der Waals surface area contributed by atoms with Crippen molar-refractivity contribution < 1.29 is 54.0 Å². The molecule has 0 aromatic carbocycles. The highest BCUT2D eigenvalue weighted by Crippen LogP contribution is 2.19. The Bertz CT molecular complexity index is 815. The van der Waals surface area contributed by atoms with E-state index in [-0.39, 0.29) is 13.0 Å². The summed E-state index contributed by atoms with van der Waals surface area (Å²) < 4.78 is 0. The number of nitrogens with one attached hydrogen (secondary N) is 2. The smallest absolute Gasteiger partial charge is 0.326 e. The number of carboxylic acids is 4. The lowest BCUT2D eigenvalue weighted by Gasteiger charge is -2.28. The van der Waals surface area contributed by atoms with E-state index in [2.05, 4.69) is 5.32 Å². The van der Waals surface area contributed by atoms with Gasteiger partial charge in [-0.15, -0.1) is 0 Å². The maximum absolute atomic E-state index is 12.9. The number of nitrogens with two attached hydrogens (primary N) is 1. The molecule has 0 radical (unpaired) electrons. The molecular weight excluding hydrogens is 448 g/mol. The van der Waals surface area contributed by atoms with Crippen molar-refractivity contribution in [2.45, 2.75) is 62.7 Å². The van der Waals surface area contributed by atoms with E-state index in [9.17, 15) is 38.7 Å². The van der Waals surface area contributed by atoms with Gasteiger partial charge >= 0.3 is 23.9 Å². The van der Waals surface area contributed by atoms with Gasteiger partial charge in [-0.2, -0.15) is 0 Å². The lowest BCUT2D eigenvalue weighted by molar-refractivity contribution is -0.150. The number of aliphatic carboxylic acids is 4. The highest BCUT2D eigenvalue weighted by Gasteiger charge is 2.38. The Morgan fingerprint density at radius 1 is 0.848 bits per heavy atom. The summed E-state index contributed by atoms with van der Waals surface area (Å²) in [5.41, 5.74) is 5.40. The monoisotopic (exact) mass is 474 g/mol. The van der Waals surface area contributed by atoms with Gasteiger partial charge in [-0.25, -0.2) is 4.79 Å². The lowest BCUT2D eigenvalue weighted by Crippen LogP contribution is -2.57. The fourth-order valence-electron chi connectivity index (χ4n) is 3.23. The molecule has 4 atom stereocenters. The van der Waals surface area contributed by atoms with Gasteiger partial charge in [0.15, 0.2) is 0 Å². The Morgan fingerprint density at radius 2 is 1.42 bits per heavy atom. The van der Waals surface area contributed by atoms with Crippen LogP contribution in [0, 0.1) is 0 Å². The minimum atomic E-state index is -1.76. The van der Waals surface area contributed by atoms with Gasteiger partial charge in [-0.05, 0) is 19.3 Å². The molecule has 15 heteroatoms. The molecule has 0 aromatic rings. The van der Waals surface area contributed by atoms with E-state index in [1.165, 1.54) is 0 Å². The molecule has 0 aliphatic carbocycles. The highest BCUT2D eigenvalue weighted by atomic mass is 16.4. The molecule has 1 aliphatic rings. The van der Waals surface area contributed by atoms with E-state index in [1.807, 2.05) is 5.32 Å². The number of hydrogen-bond acceptors (Lipinski definition) is 8. The second kappa shape index (κ2) is 12.3. The Hall–Kier alpha value is -3.75. The predicted octanol–water partition coefficient (Wildman–Crippen LogP) is -2.83. The average Bonchev–Trinajstić information content (AvgIpc) is 3.19. The van der Waals surface area contributed by atoms with Crippen LogP contribution < -0.4 is 16.4 Å². The molecule has 0 spiro atoms. The summed E-state index contributed by atoms with van der Waals surface area (Å²) in [5, 5.41) is 40.1. The number of rotatable bonds is 13. The van der Waals surface area contributed by atoms with Gasteiger partial charge in [-0.1, -0.05) is 0 Å². The summed E-state index contributed by atoms with van der Waals surface area (Å²) in [4.78, 5) is 82.7. The fraction of sp³-hybridized carbons (Fsp3) is 0.611. The third kappa shape index (κ3) is 8.72. The third-order valence-electron chi connectivity index (χ3n) is 4.83. The van der Waals surface area contributed by atoms with Crippen molar-refractivity contribution >= 4 is 41.6 Å². The quantitative estimate of drug-likeness (QED) is 0.143. The minimum absolute atomic E-state index is 0.0641. The number of likely N-dealkylation sites (tertiary alicyclic amines) is 1. The van der Waals surface area contributed by atoms with Crippen molar-refractivity contribution in [3.05, 3.63) is 0 Å². The molecule has 0 saturated carbocycles. The molecule has 4 unspecified atom stereocenters. The van der Waals surface area contributed by atoms with Gasteiger partial charge < -0.3 is 41.7 Å². The van der Waals surface area contributed by atoms with E-state index in [0.29, 0.717) is 6.42 Å². The second-order valence-electron chi connectivity index (χ2n) is 7.38. The Kier molecular flexibility index (Phi) is 10.2. The van der Waals surface area contributed by atoms with Crippen molar-refractivity contribution in [3.63, 3.8) is 0 Å². The summed E-state index contributed by atoms with van der Waals surface area (Å²) >= 11 is 0. The third-order valence-corrected chi connectivity index (χ3v) is 4.83. The van der Waals surface area contributed by atoms with Gasteiger partial charge in [0.25, 0.3) is 0 Å². The molecule has 1 aliphatic heterocycles. The molecule has 1 heterocycles. The zero-order valence-corrected chi connectivity index (χ0v) is 17.4. The van der Waals surface area contributed by atoms with Crippen LogP contribution >= 0.6 is 0 Å². The first kappa shape index (κ1) is 27.3. The number of carbonyl (C=O) groups excluding carboxylic acids is 3. The van der Waals surface area contributed by atoms with Crippen molar-refractivity contribution in [1.29, 1.82) is 0 Å². The van der Waals surface area contributed by atoms with Crippen molar-refractivity contribution in [2.24, 2.45) is 5.73 Å². The highest BCUT2D eigenvalue weighted by molar-refractivity contribution is 5.96. The molecule has 0 bridgehead atoms. The van der Waals surface area contributed by atoms with Crippen molar-refractivity contribution in [1.82, 2.24) is 15.5 Å². The van der Waals surface area contributed by atoms with E-state index in [1.54, 1.807) is 0 Å². The number of carboxylic acid groups (broad SMARTS) is 4. The lowest BCUT2D eigenvalue weighted by atomic mass is 10.1. The van der Waals surface area contributed by atoms with E-state index < -0.39 is 91.4 Å². The molecular formula is C18H26N4O11. The Morgan fingerprint density at radius 3 is 1.94 bits per heavy atom. The maximum atomic E-state index is 12.9. The van der Waals surface area contributed by atoms with Crippen molar-refractivity contribution in [3.8, 4) is 0 Å². The van der Waals surface area contributed by atoms with Gasteiger partial charge in [0.2, 0.25) is 17.7 Å².